The van der Waals surface area contributed by atoms with Gasteiger partial charge in [0.15, 0.2) is 0 Å². The summed E-state index contributed by atoms with van der Waals surface area (Å²) in [4.78, 5) is 37.6. The van der Waals surface area contributed by atoms with Gasteiger partial charge in [0.1, 0.15) is 5.75 Å². The Kier molecular flexibility index (Phi) is 8.02. The van der Waals surface area contributed by atoms with Crippen LogP contribution < -0.4 is 16.5 Å². The van der Waals surface area contributed by atoms with Crippen molar-refractivity contribution in [2.24, 2.45) is 10.8 Å². The first kappa shape index (κ1) is 26.1. The smallest absolute Gasteiger partial charge is 0.281 e. The van der Waals surface area contributed by atoms with Crippen LogP contribution in [0, 0.1) is 0 Å². The average Bonchev–Trinajstić information content (AvgIpc) is 3.54. The van der Waals surface area contributed by atoms with Crippen molar-refractivity contribution >= 4 is 57.7 Å². The summed E-state index contributed by atoms with van der Waals surface area (Å²) in [6.07, 6.45) is 0. The lowest BCUT2D eigenvalue weighted by Crippen LogP contribution is -2.22. The molecule has 4 aromatic rings. The van der Waals surface area contributed by atoms with Crippen molar-refractivity contribution in [2.45, 2.75) is 13.5 Å². The third kappa shape index (κ3) is 6.23. The first-order valence-corrected chi connectivity index (χ1v) is 13.0. The fourth-order valence-electron chi connectivity index (χ4n) is 3.30. The van der Waals surface area contributed by atoms with E-state index in [1.165, 1.54) is 11.3 Å². The molecule has 0 aliphatic heterocycles. The fraction of sp³-hybridized carbons (Fsp3) is 0.0769. The molecule has 0 bridgehead atoms. The van der Waals surface area contributed by atoms with E-state index in [2.05, 4.69) is 15.8 Å². The summed E-state index contributed by atoms with van der Waals surface area (Å²) in [6, 6.07) is 16.8. The third-order valence-electron chi connectivity index (χ3n) is 5.33. The molecule has 0 radical (unpaired) electrons. The molecule has 0 fully saturated rings. The zero-order valence-electron chi connectivity index (χ0n) is 19.4. The summed E-state index contributed by atoms with van der Waals surface area (Å²) in [5.41, 5.74) is 10.6. The van der Waals surface area contributed by atoms with Gasteiger partial charge >= 0.3 is 0 Å². The van der Waals surface area contributed by atoms with Crippen LogP contribution in [0.2, 0.25) is 5.02 Å². The van der Waals surface area contributed by atoms with E-state index in [9.17, 15) is 19.5 Å². The number of thiophene rings is 2. The Morgan fingerprint density at radius 2 is 1.62 bits per heavy atom. The number of rotatable bonds is 8. The number of nitrogens with zero attached hydrogens (tertiary/aromatic N) is 1. The summed E-state index contributed by atoms with van der Waals surface area (Å²) < 4.78 is 0. The third-order valence-corrected chi connectivity index (χ3v) is 7.68. The van der Waals surface area contributed by atoms with E-state index >= 15 is 0 Å². The van der Waals surface area contributed by atoms with Gasteiger partial charge in [-0.25, -0.2) is 5.43 Å². The van der Waals surface area contributed by atoms with Crippen molar-refractivity contribution in [2.75, 3.05) is 0 Å². The normalized spacial score (nSPS) is 11.2. The SMILES string of the molecule is C/C(=N\NC(=O)c1ccc(C(=O)NCc2ccc(C(N)=O)cc2)s1)c1csc(-c2ccc(Cl)cc2)c1O. The van der Waals surface area contributed by atoms with E-state index in [1.807, 2.05) is 12.1 Å². The number of hydrogen-bond donors (Lipinski definition) is 4. The fourth-order valence-corrected chi connectivity index (χ4v) is 5.25. The van der Waals surface area contributed by atoms with Gasteiger partial charge in [-0.1, -0.05) is 35.9 Å². The highest BCUT2D eigenvalue weighted by atomic mass is 35.5. The molecular formula is C26H21ClN4O4S2. The number of aromatic hydroxyl groups is 1. The van der Waals surface area contributed by atoms with Crippen molar-refractivity contribution in [3.63, 3.8) is 0 Å². The van der Waals surface area contributed by atoms with Crippen molar-refractivity contribution in [3.05, 3.63) is 97.5 Å². The molecule has 0 unspecified atom stereocenters. The molecule has 2 aromatic heterocycles. The minimum atomic E-state index is -0.519. The lowest BCUT2D eigenvalue weighted by Gasteiger charge is -2.04. The van der Waals surface area contributed by atoms with Crippen molar-refractivity contribution in [1.82, 2.24) is 10.7 Å². The predicted octanol–water partition coefficient (Wildman–Crippen LogP) is 5.02. The van der Waals surface area contributed by atoms with Crippen LogP contribution in [0.3, 0.4) is 0 Å². The van der Waals surface area contributed by atoms with Gasteiger partial charge in [0, 0.05) is 22.5 Å². The van der Waals surface area contributed by atoms with Gasteiger partial charge in [0.05, 0.1) is 25.9 Å². The molecule has 0 aliphatic rings. The van der Waals surface area contributed by atoms with E-state index in [4.69, 9.17) is 17.3 Å². The number of benzene rings is 2. The van der Waals surface area contributed by atoms with Crippen LogP contribution in [0.5, 0.6) is 5.75 Å². The molecule has 2 aromatic carbocycles. The van der Waals surface area contributed by atoms with Crippen LogP contribution in [0.1, 0.15) is 47.8 Å². The first-order valence-electron chi connectivity index (χ1n) is 10.9. The average molecular weight is 553 g/mol. The van der Waals surface area contributed by atoms with Crippen LogP contribution in [-0.4, -0.2) is 28.5 Å². The van der Waals surface area contributed by atoms with E-state index in [1.54, 1.807) is 60.8 Å². The topological polar surface area (TPSA) is 134 Å². The molecule has 4 rings (SSSR count). The first-order chi connectivity index (χ1) is 17.7. The van der Waals surface area contributed by atoms with Crippen LogP contribution in [0.25, 0.3) is 10.4 Å². The number of carbonyl (C=O) groups excluding carboxylic acids is 3. The molecule has 0 atom stereocenters. The van der Waals surface area contributed by atoms with Gasteiger partial charge < -0.3 is 16.2 Å². The van der Waals surface area contributed by atoms with E-state index < -0.39 is 11.8 Å². The summed E-state index contributed by atoms with van der Waals surface area (Å²) >= 11 is 8.32. The maximum Gasteiger partial charge on any atom is 0.281 e. The standard InChI is InChI=1S/C26H21ClN4O4S2/c1-14(19-13-36-23(22(19)32)16-6-8-18(27)9-7-16)30-31-26(35)21-11-10-20(37-21)25(34)29-12-15-2-4-17(5-3-15)24(28)33/h2-11,13,32H,12H2,1H3,(H2,28,33)(H,29,34)(H,31,35)/b30-14+. The van der Waals surface area contributed by atoms with Crippen molar-refractivity contribution in [3.8, 4) is 16.2 Å². The van der Waals surface area contributed by atoms with Gasteiger partial charge in [-0.3, -0.25) is 14.4 Å². The van der Waals surface area contributed by atoms with E-state index in [-0.39, 0.29) is 18.2 Å². The number of amides is 3. The highest BCUT2D eigenvalue weighted by molar-refractivity contribution is 7.16. The molecule has 3 amide bonds. The molecule has 37 heavy (non-hydrogen) atoms. The zero-order valence-corrected chi connectivity index (χ0v) is 21.8. The van der Waals surface area contributed by atoms with Crippen LogP contribution in [0.15, 0.2) is 71.1 Å². The molecule has 5 N–H and O–H groups in total. The number of nitrogens with one attached hydrogen (secondary N) is 2. The number of carbonyl (C=O) groups is 3. The van der Waals surface area contributed by atoms with E-state index in [0.29, 0.717) is 36.5 Å². The molecule has 0 saturated heterocycles. The molecule has 188 valence electrons. The number of hydrazone groups is 1. The summed E-state index contributed by atoms with van der Waals surface area (Å²) in [7, 11) is 0. The van der Waals surface area contributed by atoms with Gasteiger partial charge in [-0.2, -0.15) is 5.10 Å². The second kappa shape index (κ2) is 11.4. The van der Waals surface area contributed by atoms with Crippen LogP contribution in [0.4, 0.5) is 0 Å². The van der Waals surface area contributed by atoms with Gasteiger partial charge in [-0.15, -0.1) is 22.7 Å². The Bertz CT molecular complexity index is 1490. The lowest BCUT2D eigenvalue weighted by atomic mass is 10.1. The summed E-state index contributed by atoms with van der Waals surface area (Å²) in [6.45, 7) is 1.93. The second-order valence-electron chi connectivity index (χ2n) is 7.88. The van der Waals surface area contributed by atoms with Gasteiger partial charge in [0.2, 0.25) is 5.91 Å². The minimum absolute atomic E-state index is 0.0715. The maximum atomic E-state index is 12.6. The molecule has 11 heteroatoms. The predicted molar refractivity (Wildman–Crippen MR) is 147 cm³/mol. The number of nitrogens with two attached hydrogens (primary N) is 1. The zero-order chi connectivity index (χ0) is 26.5. The monoisotopic (exact) mass is 552 g/mol. The largest absolute Gasteiger partial charge is 0.506 e. The molecule has 0 saturated carbocycles. The van der Waals surface area contributed by atoms with Gasteiger partial charge in [0.25, 0.3) is 11.8 Å². The Balaban J connectivity index is 1.36. The maximum absolute atomic E-state index is 12.6. The number of primary amides is 1. The highest BCUT2D eigenvalue weighted by Crippen LogP contribution is 2.39. The molecule has 0 aliphatic carbocycles. The van der Waals surface area contributed by atoms with Gasteiger partial charge in [-0.05, 0) is 54.4 Å². The van der Waals surface area contributed by atoms with Crippen LogP contribution in [-0.2, 0) is 6.54 Å². The molecule has 8 nitrogen and oxygen atoms in total. The highest BCUT2D eigenvalue weighted by Gasteiger charge is 2.17. The van der Waals surface area contributed by atoms with E-state index in [0.717, 1.165) is 22.5 Å². The number of halogens is 1. The Morgan fingerprint density at radius 1 is 0.973 bits per heavy atom. The minimum Gasteiger partial charge on any atom is -0.506 e. The Labute approximate surface area is 225 Å². The number of hydrogen-bond acceptors (Lipinski definition) is 7. The molecule has 0 spiro atoms. The molecular weight excluding hydrogens is 532 g/mol. The lowest BCUT2D eigenvalue weighted by molar-refractivity contribution is 0.0950. The molecule has 2 heterocycles. The second-order valence-corrected chi connectivity index (χ2v) is 10.3. The van der Waals surface area contributed by atoms with Crippen LogP contribution >= 0.6 is 34.3 Å². The van der Waals surface area contributed by atoms with Crippen molar-refractivity contribution in [1.29, 1.82) is 0 Å². The Morgan fingerprint density at radius 3 is 2.27 bits per heavy atom. The Hall–Kier alpha value is -3.99. The quantitative estimate of drug-likeness (QED) is 0.180. The van der Waals surface area contributed by atoms with Crippen molar-refractivity contribution < 1.29 is 19.5 Å². The summed E-state index contributed by atoms with van der Waals surface area (Å²) in [5.74, 6) is -1.25. The summed E-state index contributed by atoms with van der Waals surface area (Å²) in [5, 5.41) is 19.9.